The van der Waals surface area contributed by atoms with E-state index in [1.54, 1.807) is 29.3 Å². The van der Waals surface area contributed by atoms with Crippen molar-refractivity contribution in [1.29, 1.82) is 0 Å². The number of thiazole rings is 1. The lowest BCUT2D eigenvalue weighted by atomic mass is 10.2. The van der Waals surface area contributed by atoms with Crippen molar-refractivity contribution in [2.45, 2.75) is 23.1 Å². The van der Waals surface area contributed by atoms with Gasteiger partial charge in [-0.3, -0.25) is 9.52 Å². The molecule has 0 bridgehead atoms. The SMILES string of the molecule is Cc1ccc(SCCC(=O)Nc2ccc(S(=O)(=O)Nc3nccs3)cc2)cc1. The predicted molar refractivity (Wildman–Crippen MR) is 115 cm³/mol. The van der Waals surface area contributed by atoms with E-state index >= 15 is 0 Å². The molecule has 2 N–H and O–H groups in total. The molecular weight excluding hydrogens is 414 g/mol. The minimum absolute atomic E-state index is 0.107. The molecule has 3 aromatic rings. The summed E-state index contributed by atoms with van der Waals surface area (Å²) in [6.45, 7) is 2.04. The number of thioether (sulfide) groups is 1. The van der Waals surface area contributed by atoms with Crippen molar-refractivity contribution in [3.8, 4) is 0 Å². The predicted octanol–water partition coefficient (Wildman–Crippen LogP) is 4.37. The summed E-state index contributed by atoms with van der Waals surface area (Å²) in [6.07, 6.45) is 1.89. The van der Waals surface area contributed by atoms with E-state index in [1.807, 2.05) is 31.2 Å². The van der Waals surface area contributed by atoms with Crippen LogP contribution in [0.25, 0.3) is 0 Å². The first-order chi connectivity index (χ1) is 13.4. The maximum absolute atomic E-state index is 12.3. The van der Waals surface area contributed by atoms with Gasteiger partial charge in [0.05, 0.1) is 4.90 Å². The number of nitrogens with zero attached hydrogens (tertiary/aromatic N) is 1. The molecule has 1 heterocycles. The Kier molecular flexibility index (Phi) is 6.71. The van der Waals surface area contributed by atoms with Crippen LogP contribution in [0.2, 0.25) is 0 Å². The Bertz CT molecular complexity index is 1020. The third-order valence-electron chi connectivity index (χ3n) is 3.72. The number of nitrogens with one attached hydrogen (secondary N) is 2. The number of carbonyl (C=O) groups is 1. The summed E-state index contributed by atoms with van der Waals surface area (Å²) in [7, 11) is -3.69. The lowest BCUT2D eigenvalue weighted by Gasteiger charge is -2.08. The number of hydrogen-bond acceptors (Lipinski definition) is 6. The van der Waals surface area contributed by atoms with Gasteiger partial charge in [0.25, 0.3) is 10.0 Å². The first-order valence-electron chi connectivity index (χ1n) is 8.44. The number of sulfonamides is 1. The van der Waals surface area contributed by atoms with E-state index < -0.39 is 10.0 Å². The molecule has 0 saturated heterocycles. The first kappa shape index (κ1) is 20.4. The van der Waals surface area contributed by atoms with Gasteiger partial charge in [0, 0.05) is 34.3 Å². The average Bonchev–Trinajstić information content (AvgIpc) is 3.16. The van der Waals surface area contributed by atoms with Gasteiger partial charge in [-0.25, -0.2) is 13.4 Å². The minimum atomic E-state index is -3.69. The summed E-state index contributed by atoms with van der Waals surface area (Å²) in [4.78, 5) is 17.2. The second kappa shape index (κ2) is 9.22. The van der Waals surface area contributed by atoms with Crippen LogP contribution in [0.1, 0.15) is 12.0 Å². The van der Waals surface area contributed by atoms with Crippen LogP contribution < -0.4 is 10.0 Å². The molecule has 0 unspecified atom stereocenters. The maximum Gasteiger partial charge on any atom is 0.263 e. The Morgan fingerprint density at radius 1 is 1.11 bits per heavy atom. The van der Waals surface area contributed by atoms with Gasteiger partial charge in [-0.05, 0) is 43.3 Å². The van der Waals surface area contributed by atoms with Crippen LogP contribution in [0.5, 0.6) is 0 Å². The molecule has 0 aliphatic rings. The molecule has 1 aromatic heterocycles. The van der Waals surface area contributed by atoms with E-state index in [2.05, 4.69) is 15.0 Å². The molecular formula is C19H19N3O3S3. The van der Waals surface area contributed by atoms with E-state index in [4.69, 9.17) is 0 Å². The van der Waals surface area contributed by atoms with Crippen molar-refractivity contribution >= 4 is 49.8 Å². The number of aromatic nitrogens is 1. The number of aryl methyl sites for hydroxylation is 1. The van der Waals surface area contributed by atoms with Gasteiger partial charge in [0.15, 0.2) is 5.13 Å². The summed E-state index contributed by atoms with van der Waals surface area (Å²) in [5.74, 6) is 0.551. The molecule has 0 spiro atoms. The fourth-order valence-corrected chi connectivity index (χ4v) is 4.93. The van der Waals surface area contributed by atoms with Crippen LogP contribution in [0, 0.1) is 6.92 Å². The first-order valence-corrected chi connectivity index (χ1v) is 11.8. The number of benzene rings is 2. The smallest absolute Gasteiger partial charge is 0.263 e. The summed E-state index contributed by atoms with van der Waals surface area (Å²) in [5, 5.41) is 4.78. The van der Waals surface area contributed by atoms with Gasteiger partial charge < -0.3 is 5.32 Å². The van der Waals surface area contributed by atoms with E-state index in [1.165, 1.54) is 35.2 Å². The molecule has 146 valence electrons. The molecule has 0 aliphatic carbocycles. The summed E-state index contributed by atoms with van der Waals surface area (Å²) >= 11 is 2.82. The third kappa shape index (κ3) is 5.82. The second-order valence-electron chi connectivity index (χ2n) is 5.93. The van der Waals surface area contributed by atoms with Gasteiger partial charge in [0.2, 0.25) is 5.91 Å². The van der Waals surface area contributed by atoms with E-state index in [0.717, 1.165) is 4.90 Å². The molecule has 0 aliphatic heterocycles. The van der Waals surface area contributed by atoms with E-state index in [9.17, 15) is 13.2 Å². The Morgan fingerprint density at radius 3 is 2.46 bits per heavy atom. The Labute approximate surface area is 172 Å². The van der Waals surface area contributed by atoms with Gasteiger partial charge in [-0.2, -0.15) is 0 Å². The maximum atomic E-state index is 12.3. The van der Waals surface area contributed by atoms with E-state index in [0.29, 0.717) is 23.0 Å². The standard InChI is InChI=1S/C19H19N3O3S3/c1-14-2-6-16(7-3-14)26-12-10-18(23)21-15-4-8-17(9-5-15)28(24,25)22-19-20-11-13-27-19/h2-9,11,13H,10,12H2,1H3,(H,20,22)(H,21,23). The number of rotatable bonds is 8. The molecule has 0 saturated carbocycles. The van der Waals surface area contributed by atoms with Crippen molar-refractivity contribution in [3.05, 3.63) is 65.7 Å². The molecule has 2 aromatic carbocycles. The van der Waals surface area contributed by atoms with Crippen LogP contribution >= 0.6 is 23.1 Å². The van der Waals surface area contributed by atoms with Gasteiger partial charge in [-0.15, -0.1) is 23.1 Å². The molecule has 28 heavy (non-hydrogen) atoms. The number of carbonyl (C=O) groups excluding carboxylic acids is 1. The van der Waals surface area contributed by atoms with Crippen molar-refractivity contribution in [2.75, 3.05) is 15.8 Å². The largest absolute Gasteiger partial charge is 0.326 e. The summed E-state index contributed by atoms with van der Waals surface area (Å²) in [6, 6.07) is 14.2. The van der Waals surface area contributed by atoms with Crippen LogP contribution in [0.15, 0.2) is 69.9 Å². The molecule has 0 radical (unpaired) electrons. The number of amides is 1. The zero-order valence-electron chi connectivity index (χ0n) is 15.1. The topological polar surface area (TPSA) is 88.2 Å². The van der Waals surface area contributed by atoms with E-state index in [-0.39, 0.29) is 10.8 Å². The lowest BCUT2D eigenvalue weighted by molar-refractivity contribution is -0.115. The van der Waals surface area contributed by atoms with Crippen LogP contribution in [-0.4, -0.2) is 25.1 Å². The number of hydrogen-bond donors (Lipinski definition) is 2. The number of anilines is 2. The molecule has 6 nitrogen and oxygen atoms in total. The van der Waals surface area contributed by atoms with Gasteiger partial charge in [-0.1, -0.05) is 17.7 Å². The summed E-state index contributed by atoms with van der Waals surface area (Å²) < 4.78 is 27.0. The highest BCUT2D eigenvalue weighted by Gasteiger charge is 2.15. The van der Waals surface area contributed by atoms with Crippen LogP contribution in [0.3, 0.4) is 0 Å². The fourth-order valence-electron chi connectivity index (χ4n) is 2.28. The molecule has 0 fully saturated rings. The molecule has 0 atom stereocenters. The monoisotopic (exact) mass is 433 g/mol. The fraction of sp³-hybridized carbons (Fsp3) is 0.158. The highest BCUT2D eigenvalue weighted by atomic mass is 32.2. The van der Waals surface area contributed by atoms with Crippen molar-refractivity contribution in [1.82, 2.24) is 4.98 Å². The summed E-state index contributed by atoms with van der Waals surface area (Å²) in [5.41, 5.74) is 1.76. The Hall–Kier alpha value is -2.36. The van der Waals surface area contributed by atoms with Crippen molar-refractivity contribution in [2.24, 2.45) is 0 Å². The average molecular weight is 434 g/mol. The minimum Gasteiger partial charge on any atom is -0.326 e. The van der Waals surface area contributed by atoms with Crippen LogP contribution in [-0.2, 0) is 14.8 Å². The Balaban J connectivity index is 1.50. The normalized spacial score (nSPS) is 11.2. The lowest BCUT2D eigenvalue weighted by Crippen LogP contribution is -2.14. The highest BCUT2D eigenvalue weighted by Crippen LogP contribution is 2.21. The second-order valence-corrected chi connectivity index (χ2v) is 9.67. The molecule has 1 amide bonds. The molecule has 9 heteroatoms. The van der Waals surface area contributed by atoms with Crippen molar-refractivity contribution in [3.63, 3.8) is 0 Å². The molecule has 3 rings (SSSR count). The Morgan fingerprint density at radius 2 is 1.82 bits per heavy atom. The zero-order chi connectivity index (χ0) is 20.0. The van der Waals surface area contributed by atoms with Crippen molar-refractivity contribution < 1.29 is 13.2 Å². The zero-order valence-corrected chi connectivity index (χ0v) is 17.5. The van der Waals surface area contributed by atoms with Gasteiger partial charge in [0.1, 0.15) is 0 Å². The highest BCUT2D eigenvalue weighted by molar-refractivity contribution is 7.99. The van der Waals surface area contributed by atoms with Gasteiger partial charge >= 0.3 is 0 Å². The van der Waals surface area contributed by atoms with Crippen LogP contribution in [0.4, 0.5) is 10.8 Å². The third-order valence-corrected chi connectivity index (χ3v) is 6.91. The quantitative estimate of drug-likeness (QED) is 0.515.